The van der Waals surface area contributed by atoms with Crippen LogP contribution in [0.3, 0.4) is 0 Å². The van der Waals surface area contributed by atoms with Gasteiger partial charge in [-0.1, -0.05) is 0 Å². The molecule has 0 aliphatic heterocycles. The molecule has 0 saturated carbocycles. The van der Waals surface area contributed by atoms with E-state index in [-0.39, 0.29) is 11.6 Å². The molecule has 1 aromatic heterocycles. The number of imidazole rings is 1. The molecule has 0 saturated heterocycles. The summed E-state index contributed by atoms with van der Waals surface area (Å²) >= 11 is 0. The maximum atomic E-state index is 11.0. The van der Waals surface area contributed by atoms with Gasteiger partial charge < -0.3 is 4.98 Å². The SMILES string of the molecule is CC(=O)C(C(C)=O)c1ncc[nH]1. The van der Waals surface area contributed by atoms with Crippen LogP contribution in [0.15, 0.2) is 12.4 Å². The fraction of sp³-hybridized carbons (Fsp3) is 0.375. The van der Waals surface area contributed by atoms with Crippen LogP contribution in [0.25, 0.3) is 0 Å². The molecule has 0 radical (unpaired) electrons. The maximum Gasteiger partial charge on any atom is 0.147 e. The van der Waals surface area contributed by atoms with Crippen LogP contribution < -0.4 is 0 Å². The number of carbonyl (C=O) groups excluding carboxylic acids is 2. The topological polar surface area (TPSA) is 62.8 Å². The molecule has 64 valence electrons. The fourth-order valence-corrected chi connectivity index (χ4v) is 1.11. The lowest BCUT2D eigenvalue weighted by atomic mass is 10.0. The molecule has 0 aliphatic rings. The Kier molecular flexibility index (Phi) is 2.38. The third-order valence-corrected chi connectivity index (χ3v) is 1.61. The molecule has 0 atom stereocenters. The Morgan fingerprint density at radius 1 is 1.42 bits per heavy atom. The molecule has 4 nitrogen and oxygen atoms in total. The minimum atomic E-state index is -0.722. The molecule has 0 fully saturated rings. The first-order valence-corrected chi connectivity index (χ1v) is 3.63. The largest absolute Gasteiger partial charge is 0.348 e. The summed E-state index contributed by atoms with van der Waals surface area (Å²) in [5.74, 6) is -0.662. The number of carbonyl (C=O) groups is 2. The van der Waals surface area contributed by atoms with Crippen LogP contribution in [0.4, 0.5) is 0 Å². The van der Waals surface area contributed by atoms with Gasteiger partial charge in [0.15, 0.2) is 0 Å². The van der Waals surface area contributed by atoms with Crippen molar-refractivity contribution >= 4 is 11.6 Å². The number of aromatic nitrogens is 2. The van der Waals surface area contributed by atoms with E-state index in [1.807, 2.05) is 0 Å². The zero-order valence-corrected chi connectivity index (χ0v) is 7.00. The zero-order chi connectivity index (χ0) is 9.14. The summed E-state index contributed by atoms with van der Waals surface area (Å²) in [4.78, 5) is 28.6. The number of H-pyrrole nitrogens is 1. The summed E-state index contributed by atoms with van der Waals surface area (Å²) in [6, 6.07) is 0. The van der Waals surface area contributed by atoms with Crippen LogP contribution >= 0.6 is 0 Å². The summed E-state index contributed by atoms with van der Waals surface area (Å²) < 4.78 is 0. The van der Waals surface area contributed by atoms with Crippen molar-refractivity contribution in [3.8, 4) is 0 Å². The van der Waals surface area contributed by atoms with Gasteiger partial charge >= 0.3 is 0 Å². The normalized spacial score (nSPS) is 10.2. The standard InChI is InChI=1S/C8H10N2O2/c1-5(11)7(6(2)12)8-9-3-4-10-8/h3-4,7H,1-2H3,(H,9,10). The third kappa shape index (κ3) is 1.58. The number of hydrogen-bond donors (Lipinski definition) is 1. The van der Waals surface area contributed by atoms with E-state index in [9.17, 15) is 9.59 Å². The van der Waals surface area contributed by atoms with Crippen LogP contribution in [0, 0.1) is 0 Å². The number of rotatable bonds is 3. The highest BCUT2D eigenvalue weighted by Crippen LogP contribution is 2.12. The first-order chi connectivity index (χ1) is 5.63. The van der Waals surface area contributed by atoms with Crippen molar-refractivity contribution in [2.75, 3.05) is 0 Å². The number of Topliss-reactive ketones (excluding diaryl/α,β-unsaturated/α-hetero) is 2. The predicted molar refractivity (Wildman–Crippen MR) is 42.7 cm³/mol. The Labute approximate surface area is 70.0 Å². The Morgan fingerprint density at radius 3 is 2.33 bits per heavy atom. The second-order valence-electron chi connectivity index (χ2n) is 2.63. The highest BCUT2D eigenvalue weighted by atomic mass is 16.1. The van der Waals surface area contributed by atoms with E-state index in [0.29, 0.717) is 5.82 Å². The van der Waals surface area contributed by atoms with Crippen LogP contribution in [0.2, 0.25) is 0 Å². The summed E-state index contributed by atoms with van der Waals surface area (Å²) in [7, 11) is 0. The third-order valence-electron chi connectivity index (χ3n) is 1.61. The summed E-state index contributed by atoms with van der Waals surface area (Å²) in [5, 5.41) is 0. The van der Waals surface area contributed by atoms with E-state index in [1.54, 1.807) is 6.20 Å². The molecule has 0 aromatic carbocycles. The highest BCUT2D eigenvalue weighted by molar-refractivity contribution is 6.04. The molecule has 0 aliphatic carbocycles. The highest BCUT2D eigenvalue weighted by Gasteiger charge is 2.23. The van der Waals surface area contributed by atoms with E-state index in [2.05, 4.69) is 9.97 Å². The molecule has 1 N–H and O–H groups in total. The maximum absolute atomic E-state index is 11.0. The fourth-order valence-electron chi connectivity index (χ4n) is 1.11. The van der Waals surface area contributed by atoms with Crippen molar-refractivity contribution in [3.63, 3.8) is 0 Å². The lowest BCUT2D eigenvalue weighted by Gasteiger charge is -2.05. The second kappa shape index (κ2) is 3.30. The molecule has 1 rings (SSSR count). The molecule has 0 bridgehead atoms. The predicted octanol–water partition coefficient (Wildman–Crippen LogP) is 0.671. The van der Waals surface area contributed by atoms with E-state index in [4.69, 9.17) is 0 Å². The molecule has 0 unspecified atom stereocenters. The van der Waals surface area contributed by atoms with Crippen molar-refractivity contribution in [2.24, 2.45) is 0 Å². The van der Waals surface area contributed by atoms with Gasteiger partial charge in [0.2, 0.25) is 0 Å². The van der Waals surface area contributed by atoms with Gasteiger partial charge in [0, 0.05) is 12.4 Å². The van der Waals surface area contributed by atoms with Crippen molar-refractivity contribution in [2.45, 2.75) is 19.8 Å². The van der Waals surface area contributed by atoms with Crippen molar-refractivity contribution in [1.29, 1.82) is 0 Å². The molecule has 1 aromatic rings. The molecule has 1 heterocycles. The van der Waals surface area contributed by atoms with E-state index in [1.165, 1.54) is 20.0 Å². The molecular formula is C8H10N2O2. The van der Waals surface area contributed by atoms with Gasteiger partial charge in [-0.05, 0) is 13.8 Å². The molecule has 0 amide bonds. The van der Waals surface area contributed by atoms with Gasteiger partial charge in [0.25, 0.3) is 0 Å². The second-order valence-corrected chi connectivity index (χ2v) is 2.63. The van der Waals surface area contributed by atoms with Gasteiger partial charge in [-0.3, -0.25) is 9.59 Å². The van der Waals surface area contributed by atoms with Gasteiger partial charge in [-0.15, -0.1) is 0 Å². The smallest absolute Gasteiger partial charge is 0.147 e. The van der Waals surface area contributed by atoms with Gasteiger partial charge in [0.1, 0.15) is 23.3 Å². The van der Waals surface area contributed by atoms with Gasteiger partial charge in [0.05, 0.1) is 0 Å². The average Bonchev–Trinajstić information content (AvgIpc) is 2.37. The number of ketones is 2. The first-order valence-electron chi connectivity index (χ1n) is 3.63. The van der Waals surface area contributed by atoms with E-state index < -0.39 is 5.92 Å². The Balaban J connectivity index is 2.96. The van der Waals surface area contributed by atoms with Crippen LogP contribution in [-0.2, 0) is 9.59 Å². The minimum absolute atomic E-state index is 0.183. The number of aromatic amines is 1. The monoisotopic (exact) mass is 166 g/mol. The Bertz CT molecular complexity index is 276. The number of nitrogens with one attached hydrogen (secondary N) is 1. The number of nitrogens with zero attached hydrogens (tertiary/aromatic N) is 1. The van der Waals surface area contributed by atoms with Crippen molar-refractivity contribution in [1.82, 2.24) is 9.97 Å². The zero-order valence-electron chi connectivity index (χ0n) is 7.00. The Hall–Kier alpha value is -1.45. The molecule has 4 heteroatoms. The van der Waals surface area contributed by atoms with Crippen LogP contribution in [-0.4, -0.2) is 21.5 Å². The van der Waals surface area contributed by atoms with Crippen LogP contribution in [0.1, 0.15) is 25.6 Å². The summed E-state index contributed by atoms with van der Waals surface area (Å²) in [5.41, 5.74) is 0. The first kappa shape index (κ1) is 8.64. The molecular weight excluding hydrogens is 156 g/mol. The van der Waals surface area contributed by atoms with Gasteiger partial charge in [-0.2, -0.15) is 0 Å². The molecule has 12 heavy (non-hydrogen) atoms. The van der Waals surface area contributed by atoms with Crippen molar-refractivity contribution < 1.29 is 9.59 Å². The minimum Gasteiger partial charge on any atom is -0.348 e. The van der Waals surface area contributed by atoms with E-state index >= 15 is 0 Å². The Morgan fingerprint density at radius 2 is 2.00 bits per heavy atom. The van der Waals surface area contributed by atoms with Gasteiger partial charge in [-0.25, -0.2) is 4.98 Å². The molecule has 0 spiro atoms. The number of hydrogen-bond acceptors (Lipinski definition) is 3. The van der Waals surface area contributed by atoms with Crippen molar-refractivity contribution in [3.05, 3.63) is 18.2 Å². The van der Waals surface area contributed by atoms with E-state index in [0.717, 1.165) is 0 Å². The lowest BCUT2D eigenvalue weighted by molar-refractivity contribution is -0.127. The summed E-state index contributed by atoms with van der Waals surface area (Å²) in [6.07, 6.45) is 3.11. The quantitative estimate of drug-likeness (QED) is 0.671. The van der Waals surface area contributed by atoms with Crippen LogP contribution in [0.5, 0.6) is 0 Å². The lowest BCUT2D eigenvalue weighted by Crippen LogP contribution is -2.18. The average molecular weight is 166 g/mol. The summed E-state index contributed by atoms with van der Waals surface area (Å²) in [6.45, 7) is 2.77.